The Bertz CT molecular complexity index is 250. The minimum absolute atomic E-state index is 0.303. The highest BCUT2D eigenvalue weighted by Crippen LogP contribution is 2.30. The van der Waals surface area contributed by atoms with E-state index >= 15 is 0 Å². The lowest BCUT2D eigenvalue weighted by molar-refractivity contribution is 0.273. The molecule has 0 aromatic carbocycles. The standard InChI is InChI=1S/C10H15BrO2S/c11-10-9(5-8-14-10)13-7-4-2-1-3-6-12/h5,8,12H,1-4,6-7H2. The molecule has 0 bridgehead atoms. The largest absolute Gasteiger partial charge is 0.492 e. The van der Waals surface area contributed by atoms with Gasteiger partial charge in [-0.1, -0.05) is 6.42 Å². The van der Waals surface area contributed by atoms with E-state index < -0.39 is 0 Å². The summed E-state index contributed by atoms with van der Waals surface area (Å²) in [6.45, 7) is 1.07. The summed E-state index contributed by atoms with van der Waals surface area (Å²) >= 11 is 5.06. The van der Waals surface area contributed by atoms with Crippen molar-refractivity contribution >= 4 is 27.3 Å². The number of unbranched alkanes of at least 4 members (excludes halogenated alkanes) is 3. The van der Waals surface area contributed by atoms with Crippen LogP contribution >= 0.6 is 27.3 Å². The molecule has 0 saturated heterocycles. The first-order valence-corrected chi connectivity index (χ1v) is 6.48. The molecule has 4 heteroatoms. The second-order valence-electron chi connectivity index (χ2n) is 3.04. The Morgan fingerprint density at radius 3 is 2.71 bits per heavy atom. The number of thiophene rings is 1. The summed E-state index contributed by atoms with van der Waals surface area (Å²) < 4.78 is 6.62. The topological polar surface area (TPSA) is 29.5 Å². The van der Waals surface area contributed by atoms with Gasteiger partial charge in [-0.2, -0.15) is 0 Å². The highest BCUT2D eigenvalue weighted by atomic mass is 79.9. The van der Waals surface area contributed by atoms with Gasteiger partial charge in [-0.15, -0.1) is 11.3 Å². The fraction of sp³-hybridized carbons (Fsp3) is 0.600. The Morgan fingerprint density at radius 1 is 1.29 bits per heavy atom. The molecule has 0 unspecified atom stereocenters. The Labute approximate surface area is 97.0 Å². The number of rotatable bonds is 7. The lowest BCUT2D eigenvalue weighted by Crippen LogP contribution is -1.96. The van der Waals surface area contributed by atoms with Crippen LogP contribution in [0.1, 0.15) is 25.7 Å². The molecule has 1 rings (SSSR count). The second-order valence-corrected chi connectivity index (χ2v) is 5.28. The van der Waals surface area contributed by atoms with E-state index in [4.69, 9.17) is 9.84 Å². The van der Waals surface area contributed by atoms with Gasteiger partial charge in [0.2, 0.25) is 0 Å². The van der Waals surface area contributed by atoms with Crippen molar-refractivity contribution in [3.63, 3.8) is 0 Å². The molecule has 2 nitrogen and oxygen atoms in total. The van der Waals surface area contributed by atoms with Crippen molar-refractivity contribution in [3.05, 3.63) is 15.2 Å². The Hall–Kier alpha value is -0.0600. The first kappa shape index (κ1) is 12.0. The molecular formula is C10H15BrO2S. The van der Waals surface area contributed by atoms with E-state index in [2.05, 4.69) is 15.9 Å². The van der Waals surface area contributed by atoms with Gasteiger partial charge in [-0.3, -0.25) is 0 Å². The van der Waals surface area contributed by atoms with Crippen LogP contribution in [-0.2, 0) is 0 Å². The van der Waals surface area contributed by atoms with Crippen LogP contribution in [-0.4, -0.2) is 18.3 Å². The van der Waals surface area contributed by atoms with Crippen LogP contribution in [0.4, 0.5) is 0 Å². The molecule has 0 spiro atoms. The van der Waals surface area contributed by atoms with Gasteiger partial charge < -0.3 is 9.84 Å². The average molecular weight is 279 g/mol. The number of halogens is 1. The highest BCUT2D eigenvalue weighted by Gasteiger charge is 2.00. The van der Waals surface area contributed by atoms with Gasteiger partial charge in [-0.25, -0.2) is 0 Å². The normalized spacial score (nSPS) is 10.4. The fourth-order valence-electron chi connectivity index (χ4n) is 1.13. The Balaban J connectivity index is 2.02. The quantitative estimate of drug-likeness (QED) is 0.775. The van der Waals surface area contributed by atoms with Crippen LogP contribution in [0.15, 0.2) is 15.2 Å². The minimum Gasteiger partial charge on any atom is -0.492 e. The van der Waals surface area contributed by atoms with Crippen molar-refractivity contribution in [2.45, 2.75) is 25.7 Å². The van der Waals surface area contributed by atoms with Crippen LogP contribution in [0.3, 0.4) is 0 Å². The zero-order valence-electron chi connectivity index (χ0n) is 8.04. The van der Waals surface area contributed by atoms with Gasteiger partial charge in [0.25, 0.3) is 0 Å². The van der Waals surface area contributed by atoms with Gasteiger partial charge in [0.15, 0.2) is 0 Å². The van der Waals surface area contributed by atoms with E-state index in [9.17, 15) is 0 Å². The maximum absolute atomic E-state index is 8.57. The first-order chi connectivity index (χ1) is 6.84. The molecule has 14 heavy (non-hydrogen) atoms. The third kappa shape index (κ3) is 4.44. The van der Waals surface area contributed by atoms with Gasteiger partial charge in [-0.05, 0) is 46.6 Å². The monoisotopic (exact) mass is 278 g/mol. The molecule has 80 valence electrons. The maximum atomic E-state index is 8.57. The summed E-state index contributed by atoms with van der Waals surface area (Å²) in [4.78, 5) is 0. The van der Waals surface area contributed by atoms with Crippen molar-refractivity contribution in [1.82, 2.24) is 0 Å². The summed E-state index contributed by atoms with van der Waals surface area (Å²) in [6, 6.07) is 1.97. The summed E-state index contributed by atoms with van der Waals surface area (Å²) in [5.41, 5.74) is 0. The number of hydrogen-bond acceptors (Lipinski definition) is 3. The van der Waals surface area contributed by atoms with Crippen molar-refractivity contribution in [2.24, 2.45) is 0 Å². The molecular weight excluding hydrogens is 264 g/mol. The number of aliphatic hydroxyl groups excluding tert-OH is 1. The summed E-state index contributed by atoms with van der Waals surface area (Å²) in [5, 5.41) is 10.6. The number of ether oxygens (including phenoxy) is 1. The van der Waals surface area contributed by atoms with Crippen LogP contribution in [0.25, 0.3) is 0 Å². The van der Waals surface area contributed by atoms with E-state index in [1.54, 1.807) is 11.3 Å². The minimum atomic E-state index is 0.303. The van der Waals surface area contributed by atoms with Crippen LogP contribution < -0.4 is 4.74 Å². The van der Waals surface area contributed by atoms with Crippen LogP contribution in [0, 0.1) is 0 Å². The summed E-state index contributed by atoms with van der Waals surface area (Å²) in [7, 11) is 0. The van der Waals surface area contributed by atoms with Crippen LogP contribution in [0.5, 0.6) is 5.75 Å². The molecule has 1 aromatic heterocycles. The lowest BCUT2D eigenvalue weighted by Gasteiger charge is -2.03. The van der Waals surface area contributed by atoms with E-state index in [0.717, 1.165) is 41.8 Å². The zero-order chi connectivity index (χ0) is 10.2. The molecule has 0 aliphatic rings. The predicted molar refractivity (Wildman–Crippen MR) is 63.1 cm³/mol. The van der Waals surface area contributed by atoms with Gasteiger partial charge >= 0.3 is 0 Å². The first-order valence-electron chi connectivity index (χ1n) is 4.81. The van der Waals surface area contributed by atoms with E-state index in [1.165, 1.54) is 0 Å². The highest BCUT2D eigenvalue weighted by molar-refractivity contribution is 9.11. The summed E-state index contributed by atoms with van der Waals surface area (Å²) in [6.07, 6.45) is 4.18. The van der Waals surface area contributed by atoms with Crippen molar-refractivity contribution in [1.29, 1.82) is 0 Å². The Kier molecular flexibility index (Phi) is 6.23. The lowest BCUT2D eigenvalue weighted by atomic mass is 10.2. The van der Waals surface area contributed by atoms with Crippen molar-refractivity contribution in [3.8, 4) is 5.75 Å². The molecule has 0 fully saturated rings. The maximum Gasteiger partial charge on any atom is 0.144 e. The van der Waals surface area contributed by atoms with Crippen molar-refractivity contribution < 1.29 is 9.84 Å². The third-order valence-corrected chi connectivity index (χ3v) is 3.53. The van der Waals surface area contributed by atoms with E-state index in [0.29, 0.717) is 6.61 Å². The van der Waals surface area contributed by atoms with Crippen molar-refractivity contribution in [2.75, 3.05) is 13.2 Å². The average Bonchev–Trinajstić information content (AvgIpc) is 2.58. The van der Waals surface area contributed by atoms with Gasteiger partial charge in [0, 0.05) is 6.61 Å². The molecule has 1 N–H and O–H groups in total. The summed E-state index contributed by atoms with van der Waals surface area (Å²) in [5.74, 6) is 0.942. The smallest absolute Gasteiger partial charge is 0.144 e. The second kappa shape index (κ2) is 7.26. The Morgan fingerprint density at radius 2 is 2.07 bits per heavy atom. The molecule has 0 atom stereocenters. The van der Waals surface area contributed by atoms with Crippen LogP contribution in [0.2, 0.25) is 0 Å². The SMILES string of the molecule is OCCCCCCOc1ccsc1Br. The predicted octanol–water partition coefficient (Wildman–Crippen LogP) is 3.44. The molecule has 0 aliphatic heterocycles. The number of aliphatic hydroxyl groups is 1. The third-order valence-electron chi connectivity index (χ3n) is 1.89. The fourth-order valence-corrected chi connectivity index (χ4v) is 2.26. The molecule has 0 radical (unpaired) electrons. The van der Waals surface area contributed by atoms with E-state index in [-0.39, 0.29) is 0 Å². The van der Waals surface area contributed by atoms with E-state index in [1.807, 2.05) is 11.4 Å². The molecule has 1 aromatic rings. The molecule has 1 heterocycles. The number of hydrogen-bond donors (Lipinski definition) is 1. The van der Waals surface area contributed by atoms with Gasteiger partial charge in [0.1, 0.15) is 9.54 Å². The molecule has 0 saturated carbocycles. The zero-order valence-corrected chi connectivity index (χ0v) is 10.4. The van der Waals surface area contributed by atoms with Gasteiger partial charge in [0.05, 0.1) is 6.61 Å². The molecule has 0 amide bonds. The molecule has 0 aliphatic carbocycles.